The Morgan fingerprint density at radius 2 is 1.91 bits per heavy atom. The minimum atomic E-state index is -4.31. The molecule has 0 atom stereocenters. The highest BCUT2D eigenvalue weighted by Crippen LogP contribution is 2.57. The van der Waals surface area contributed by atoms with Gasteiger partial charge >= 0.3 is 6.18 Å². The molecule has 1 saturated carbocycles. The lowest BCUT2D eigenvalue weighted by Crippen LogP contribution is -2.49. The Bertz CT molecular complexity index is 1240. The van der Waals surface area contributed by atoms with Crippen LogP contribution in [0, 0.1) is 12.3 Å². The zero-order valence-corrected chi connectivity index (χ0v) is 18.9. The van der Waals surface area contributed by atoms with Crippen molar-refractivity contribution >= 4 is 34.8 Å². The average Bonchev–Trinajstić information content (AvgIpc) is 3.50. The minimum absolute atomic E-state index is 0.00145. The second-order valence-electron chi connectivity index (χ2n) is 8.44. The zero-order chi connectivity index (χ0) is 24.1. The van der Waals surface area contributed by atoms with Crippen molar-refractivity contribution in [2.45, 2.75) is 25.9 Å². The van der Waals surface area contributed by atoms with Gasteiger partial charge in [0, 0.05) is 26.2 Å². The largest absolute Gasteiger partial charge is 0.475 e. The van der Waals surface area contributed by atoms with Crippen LogP contribution in [0.2, 0.25) is 5.15 Å². The predicted octanol–water partition coefficient (Wildman–Crippen LogP) is 3.66. The van der Waals surface area contributed by atoms with E-state index in [0.717, 1.165) is 0 Å². The van der Waals surface area contributed by atoms with Gasteiger partial charge in [0.2, 0.25) is 11.5 Å². The molecule has 1 aliphatic heterocycles. The number of anilines is 1. The van der Waals surface area contributed by atoms with E-state index < -0.39 is 18.2 Å². The van der Waals surface area contributed by atoms with Gasteiger partial charge in [0.25, 0.3) is 11.9 Å². The summed E-state index contributed by atoms with van der Waals surface area (Å²) in [6, 6.07) is 3.72. The summed E-state index contributed by atoms with van der Waals surface area (Å²) in [5.41, 5.74) is -0.492. The van der Waals surface area contributed by atoms with Gasteiger partial charge in [-0.25, -0.2) is 15.0 Å². The Balaban J connectivity index is 1.20. The molecule has 4 heterocycles. The third-order valence-electron chi connectivity index (χ3n) is 6.11. The van der Waals surface area contributed by atoms with Crippen molar-refractivity contribution in [3.8, 4) is 5.88 Å². The molecule has 0 aromatic carbocycles. The molecule has 0 radical (unpaired) electrons. The van der Waals surface area contributed by atoms with E-state index in [2.05, 4.69) is 19.9 Å². The highest BCUT2D eigenvalue weighted by atomic mass is 35.5. The number of rotatable bonds is 5. The van der Waals surface area contributed by atoms with Crippen molar-refractivity contribution < 1.29 is 27.1 Å². The molecule has 9 nitrogen and oxygen atoms in total. The molecule has 0 N–H and O–H groups in total. The number of piperazine rings is 1. The number of aryl methyl sites for hydroxylation is 1. The summed E-state index contributed by atoms with van der Waals surface area (Å²) >= 11 is 5.89. The van der Waals surface area contributed by atoms with Crippen LogP contribution in [0.5, 0.6) is 5.88 Å². The van der Waals surface area contributed by atoms with Gasteiger partial charge in [0.05, 0.1) is 6.20 Å². The van der Waals surface area contributed by atoms with E-state index in [1.807, 2.05) is 4.90 Å². The van der Waals surface area contributed by atoms with Crippen LogP contribution in [-0.4, -0.2) is 69.7 Å². The van der Waals surface area contributed by atoms with Crippen LogP contribution in [-0.2, 0) is 0 Å². The average molecular weight is 497 g/mol. The molecule has 0 spiro atoms. The monoisotopic (exact) mass is 496 g/mol. The second kappa shape index (κ2) is 8.26. The molecular formula is C21H20ClF3N6O3. The van der Waals surface area contributed by atoms with E-state index in [9.17, 15) is 18.0 Å². The lowest BCUT2D eigenvalue weighted by Gasteiger charge is -2.33. The lowest BCUT2D eigenvalue weighted by molar-refractivity contribution is -0.194. The van der Waals surface area contributed by atoms with Gasteiger partial charge in [0.15, 0.2) is 5.58 Å². The number of oxazole rings is 1. The van der Waals surface area contributed by atoms with Crippen molar-refractivity contribution in [1.82, 2.24) is 24.8 Å². The molecule has 5 rings (SSSR count). The summed E-state index contributed by atoms with van der Waals surface area (Å²) < 4.78 is 50.3. The summed E-state index contributed by atoms with van der Waals surface area (Å²) in [6.07, 6.45) is -2.99. The Morgan fingerprint density at radius 1 is 1.18 bits per heavy atom. The standard InChI is InChI=1S/C21H20ClF3N6O3/c1-12-17(33-11-20(4-5-20)21(23,24)25)26-10-13(27-12)18(32)30-6-8-31(9-7-30)19-29-16-14(34-19)2-3-15(22)28-16/h2-3,10H,4-9,11H2,1H3. The highest BCUT2D eigenvalue weighted by molar-refractivity contribution is 6.29. The maximum atomic E-state index is 13.1. The maximum absolute atomic E-state index is 13.1. The first-order valence-corrected chi connectivity index (χ1v) is 11.0. The molecule has 13 heteroatoms. The van der Waals surface area contributed by atoms with Crippen LogP contribution < -0.4 is 9.64 Å². The molecule has 2 fully saturated rings. The summed E-state index contributed by atoms with van der Waals surface area (Å²) in [6.45, 7) is 2.83. The van der Waals surface area contributed by atoms with Gasteiger partial charge in [-0.1, -0.05) is 11.6 Å². The van der Waals surface area contributed by atoms with Crippen LogP contribution in [0.25, 0.3) is 11.2 Å². The molecule has 0 unspecified atom stereocenters. The molecule has 1 saturated heterocycles. The van der Waals surface area contributed by atoms with Crippen LogP contribution in [0.1, 0.15) is 29.0 Å². The van der Waals surface area contributed by atoms with E-state index in [0.29, 0.717) is 48.6 Å². The van der Waals surface area contributed by atoms with Crippen molar-refractivity contribution in [1.29, 1.82) is 0 Å². The fourth-order valence-electron chi connectivity index (χ4n) is 3.76. The number of amides is 1. The molecule has 180 valence electrons. The van der Waals surface area contributed by atoms with Crippen molar-refractivity contribution in [2.24, 2.45) is 5.41 Å². The van der Waals surface area contributed by atoms with Crippen molar-refractivity contribution in [3.05, 3.63) is 34.9 Å². The van der Waals surface area contributed by atoms with Crippen LogP contribution >= 0.6 is 11.6 Å². The van der Waals surface area contributed by atoms with E-state index in [-0.39, 0.29) is 36.0 Å². The number of nitrogens with zero attached hydrogens (tertiary/aromatic N) is 6. The first-order chi connectivity index (χ1) is 16.1. The SMILES string of the molecule is Cc1nc(C(=O)N2CCN(c3nc4nc(Cl)ccc4o3)CC2)cnc1OCC1(C(F)(F)F)CC1. The van der Waals surface area contributed by atoms with Gasteiger partial charge < -0.3 is 19.0 Å². The second-order valence-corrected chi connectivity index (χ2v) is 8.83. The minimum Gasteiger partial charge on any atom is -0.475 e. The van der Waals surface area contributed by atoms with Crippen LogP contribution in [0.15, 0.2) is 22.7 Å². The number of pyridine rings is 1. The van der Waals surface area contributed by atoms with Crippen LogP contribution in [0.4, 0.5) is 19.2 Å². The molecule has 3 aromatic rings. The number of halogens is 4. The quantitative estimate of drug-likeness (QED) is 0.494. The number of ether oxygens (including phenoxy) is 1. The number of alkyl halides is 3. The van der Waals surface area contributed by atoms with Gasteiger partial charge in [-0.15, -0.1) is 0 Å². The van der Waals surface area contributed by atoms with Gasteiger partial charge in [-0.2, -0.15) is 18.2 Å². The van der Waals surface area contributed by atoms with Crippen LogP contribution in [0.3, 0.4) is 0 Å². The van der Waals surface area contributed by atoms with E-state index in [1.165, 1.54) is 6.20 Å². The maximum Gasteiger partial charge on any atom is 0.397 e. The van der Waals surface area contributed by atoms with E-state index in [1.54, 1.807) is 24.0 Å². The number of carbonyl (C=O) groups is 1. The zero-order valence-electron chi connectivity index (χ0n) is 18.1. The first-order valence-electron chi connectivity index (χ1n) is 10.7. The van der Waals surface area contributed by atoms with Crippen molar-refractivity contribution in [2.75, 3.05) is 37.7 Å². The Labute approximate surface area is 196 Å². The third kappa shape index (κ3) is 4.22. The number of hydrogen-bond donors (Lipinski definition) is 0. The Hall–Kier alpha value is -3.15. The Morgan fingerprint density at radius 3 is 2.56 bits per heavy atom. The normalized spacial score (nSPS) is 17.8. The molecule has 34 heavy (non-hydrogen) atoms. The summed E-state index contributed by atoms with van der Waals surface area (Å²) in [4.78, 5) is 33.2. The van der Waals surface area contributed by atoms with Crippen molar-refractivity contribution in [3.63, 3.8) is 0 Å². The van der Waals surface area contributed by atoms with Gasteiger partial charge in [-0.05, 0) is 31.9 Å². The topological polar surface area (TPSA) is 97.5 Å². The smallest absolute Gasteiger partial charge is 0.397 e. The third-order valence-corrected chi connectivity index (χ3v) is 6.32. The number of fused-ring (bicyclic) bond motifs is 1. The molecular weight excluding hydrogens is 477 g/mol. The molecule has 0 bridgehead atoms. The molecule has 1 aliphatic carbocycles. The molecule has 1 amide bonds. The molecule has 2 aliphatic rings. The molecule has 3 aromatic heterocycles. The Kier molecular flexibility index (Phi) is 5.50. The fourth-order valence-corrected chi connectivity index (χ4v) is 3.91. The predicted molar refractivity (Wildman–Crippen MR) is 115 cm³/mol. The van der Waals surface area contributed by atoms with E-state index in [4.69, 9.17) is 20.8 Å². The summed E-state index contributed by atoms with van der Waals surface area (Å²) in [5, 5.41) is 0.322. The first kappa shape index (κ1) is 22.6. The summed E-state index contributed by atoms with van der Waals surface area (Å²) in [5.74, 6) is -0.316. The highest BCUT2D eigenvalue weighted by Gasteiger charge is 2.64. The van der Waals surface area contributed by atoms with E-state index >= 15 is 0 Å². The fraction of sp³-hybridized carbons (Fsp3) is 0.476. The number of aromatic nitrogens is 4. The lowest BCUT2D eigenvalue weighted by atomic mass is 10.1. The van der Waals surface area contributed by atoms with Gasteiger partial charge in [0.1, 0.15) is 28.6 Å². The summed E-state index contributed by atoms with van der Waals surface area (Å²) in [7, 11) is 0. The number of carbonyl (C=O) groups excluding carboxylic acids is 1. The van der Waals surface area contributed by atoms with Gasteiger partial charge in [-0.3, -0.25) is 4.79 Å². The number of hydrogen-bond acceptors (Lipinski definition) is 8.